The number of carbonyl (C=O) groups excluding carboxylic acids is 2. The van der Waals surface area contributed by atoms with Crippen molar-refractivity contribution in [1.29, 1.82) is 0 Å². The van der Waals surface area contributed by atoms with E-state index in [0.717, 1.165) is 11.3 Å². The lowest BCUT2D eigenvalue weighted by Gasteiger charge is -2.41. The lowest BCUT2D eigenvalue weighted by atomic mass is 9.63. The van der Waals surface area contributed by atoms with Crippen LogP contribution in [0.25, 0.3) is 0 Å². The van der Waals surface area contributed by atoms with E-state index >= 15 is 0 Å². The average molecular weight is 385 g/mol. The van der Waals surface area contributed by atoms with E-state index in [1.165, 1.54) is 7.11 Å². The van der Waals surface area contributed by atoms with E-state index in [1.807, 2.05) is 6.07 Å². The van der Waals surface area contributed by atoms with Gasteiger partial charge in [-0.2, -0.15) is 0 Å². The minimum atomic E-state index is -0.499. The molecule has 1 aliphatic heterocycles. The van der Waals surface area contributed by atoms with Crippen molar-refractivity contribution in [3.05, 3.63) is 41.4 Å². The largest absolute Gasteiger partial charge is 0.466 e. The van der Waals surface area contributed by atoms with Crippen molar-refractivity contribution in [1.82, 2.24) is 4.98 Å². The maximum absolute atomic E-state index is 13.1. The first kappa shape index (κ1) is 20.4. The summed E-state index contributed by atoms with van der Waals surface area (Å²) in [6, 6.07) is 3.69. The van der Waals surface area contributed by atoms with E-state index in [1.54, 1.807) is 18.5 Å². The summed E-state index contributed by atoms with van der Waals surface area (Å²) in [5.41, 5.74) is 7.82. The molecule has 7 heteroatoms. The van der Waals surface area contributed by atoms with Crippen molar-refractivity contribution in [3.63, 3.8) is 0 Å². The van der Waals surface area contributed by atoms with E-state index in [4.69, 9.17) is 20.2 Å². The van der Waals surface area contributed by atoms with Crippen LogP contribution in [-0.4, -0.2) is 49.3 Å². The van der Waals surface area contributed by atoms with Crippen molar-refractivity contribution in [2.24, 2.45) is 22.1 Å². The molecule has 1 fully saturated rings. The Balaban J connectivity index is 2.15. The second-order valence-electron chi connectivity index (χ2n) is 8.02. The van der Waals surface area contributed by atoms with Gasteiger partial charge in [0.15, 0.2) is 0 Å². The van der Waals surface area contributed by atoms with Crippen LogP contribution in [-0.2, 0) is 19.1 Å². The third kappa shape index (κ3) is 4.05. The molecule has 1 aliphatic carbocycles. The third-order valence-corrected chi connectivity index (χ3v) is 5.20. The van der Waals surface area contributed by atoms with Crippen LogP contribution in [0.15, 0.2) is 40.8 Å². The van der Waals surface area contributed by atoms with Gasteiger partial charge >= 0.3 is 5.97 Å². The Hall–Kier alpha value is -2.38. The first-order valence-electron chi connectivity index (χ1n) is 9.47. The highest BCUT2D eigenvalue weighted by Gasteiger charge is 2.48. The second-order valence-corrected chi connectivity index (χ2v) is 8.02. The van der Waals surface area contributed by atoms with Gasteiger partial charge in [0.25, 0.3) is 0 Å². The number of nitrogens with two attached hydrogens (primary N) is 1. The van der Waals surface area contributed by atoms with Crippen molar-refractivity contribution < 1.29 is 19.1 Å². The fourth-order valence-electron chi connectivity index (χ4n) is 4.13. The minimum absolute atomic E-state index is 0.0900. The molecule has 2 N–H and O–H groups in total. The Morgan fingerprint density at radius 1 is 1.32 bits per heavy atom. The summed E-state index contributed by atoms with van der Waals surface area (Å²) < 4.78 is 10.6. The zero-order chi connectivity index (χ0) is 20.3. The molecular formula is C21H27N3O4. The topological polar surface area (TPSA) is 104 Å². The number of ether oxygens (including phenoxy) is 2. The molecule has 0 radical (unpaired) electrons. The normalized spacial score (nSPS) is 23.9. The maximum Gasteiger partial charge on any atom is 0.336 e. The highest BCUT2D eigenvalue weighted by Crippen LogP contribution is 2.46. The van der Waals surface area contributed by atoms with Gasteiger partial charge in [-0.1, -0.05) is 19.9 Å². The van der Waals surface area contributed by atoms with Crippen LogP contribution in [0.1, 0.15) is 38.2 Å². The van der Waals surface area contributed by atoms with Gasteiger partial charge in [0.2, 0.25) is 0 Å². The minimum Gasteiger partial charge on any atom is -0.466 e. The Morgan fingerprint density at radius 3 is 2.75 bits per heavy atom. The number of hydrogen-bond donors (Lipinski definition) is 1. The average Bonchev–Trinajstić information content (AvgIpc) is 2.66. The standard InChI is InChI=1S/C21H27N3O4/c1-21(2)9-14-18(16(25)10-21)17(13-5-4-7-23-11-13)19(20(26)27-3)15(24-14)12-28-8-6-22/h4-5,7,11,17-18H,6,8-10,12,22H2,1-3H3. The molecule has 7 nitrogen and oxygen atoms in total. The van der Waals surface area contributed by atoms with Gasteiger partial charge < -0.3 is 15.2 Å². The van der Waals surface area contributed by atoms with Crippen LogP contribution in [0, 0.1) is 11.3 Å². The van der Waals surface area contributed by atoms with Crippen LogP contribution >= 0.6 is 0 Å². The fourth-order valence-corrected chi connectivity index (χ4v) is 4.13. The Bertz CT molecular complexity index is 814. The molecule has 1 aromatic heterocycles. The summed E-state index contributed by atoms with van der Waals surface area (Å²) in [4.78, 5) is 34.8. The molecule has 2 atom stereocenters. The fraction of sp³-hybridized carbons (Fsp3) is 0.524. The summed E-state index contributed by atoms with van der Waals surface area (Å²) in [6.07, 6.45) is 4.50. The lowest BCUT2D eigenvalue weighted by molar-refractivity contribution is -0.136. The zero-order valence-electron chi connectivity index (χ0n) is 16.6. The van der Waals surface area contributed by atoms with Crippen LogP contribution in [0.2, 0.25) is 0 Å². The number of methoxy groups -OCH3 is 1. The predicted molar refractivity (Wildman–Crippen MR) is 105 cm³/mol. The van der Waals surface area contributed by atoms with Gasteiger partial charge in [-0.25, -0.2) is 4.79 Å². The number of aromatic nitrogens is 1. The lowest BCUT2D eigenvalue weighted by Crippen LogP contribution is -2.44. The van der Waals surface area contributed by atoms with Gasteiger partial charge in [-0.05, 0) is 23.5 Å². The van der Waals surface area contributed by atoms with Crippen molar-refractivity contribution in [3.8, 4) is 0 Å². The first-order chi connectivity index (χ1) is 13.4. The highest BCUT2D eigenvalue weighted by atomic mass is 16.5. The van der Waals surface area contributed by atoms with Crippen LogP contribution < -0.4 is 5.73 Å². The number of hydrogen-bond acceptors (Lipinski definition) is 7. The number of ketones is 1. The number of esters is 1. The molecule has 150 valence electrons. The van der Waals surface area contributed by atoms with E-state index < -0.39 is 17.8 Å². The van der Waals surface area contributed by atoms with Gasteiger partial charge in [0, 0.05) is 37.0 Å². The monoisotopic (exact) mass is 385 g/mol. The molecule has 3 rings (SSSR count). The van der Waals surface area contributed by atoms with Gasteiger partial charge in [0.05, 0.1) is 37.5 Å². The quantitative estimate of drug-likeness (QED) is 0.593. The molecule has 2 unspecified atom stereocenters. The summed E-state index contributed by atoms with van der Waals surface area (Å²) in [7, 11) is 1.33. The van der Waals surface area contributed by atoms with E-state index in [2.05, 4.69) is 18.8 Å². The zero-order valence-corrected chi connectivity index (χ0v) is 16.6. The van der Waals surface area contributed by atoms with Crippen molar-refractivity contribution >= 4 is 17.5 Å². The van der Waals surface area contributed by atoms with Gasteiger partial charge in [-0.3, -0.25) is 14.8 Å². The van der Waals surface area contributed by atoms with Crippen LogP contribution in [0.4, 0.5) is 0 Å². The third-order valence-electron chi connectivity index (χ3n) is 5.20. The Kier molecular flexibility index (Phi) is 6.05. The summed E-state index contributed by atoms with van der Waals surface area (Å²) in [6.45, 7) is 4.99. The number of pyridine rings is 1. The smallest absolute Gasteiger partial charge is 0.336 e. The Morgan fingerprint density at radius 2 is 2.11 bits per heavy atom. The molecule has 28 heavy (non-hydrogen) atoms. The van der Waals surface area contributed by atoms with E-state index in [-0.39, 0.29) is 17.8 Å². The molecule has 2 aliphatic rings. The van der Waals surface area contributed by atoms with Gasteiger partial charge in [-0.15, -0.1) is 0 Å². The SMILES string of the molecule is COC(=O)C1=C(COCCN)N=C2CC(C)(C)CC(=O)C2C1c1cccnc1. The number of carbonyl (C=O) groups is 2. The molecule has 0 bridgehead atoms. The molecule has 0 amide bonds. The molecule has 0 saturated heterocycles. The van der Waals surface area contributed by atoms with Crippen molar-refractivity contribution in [2.45, 2.75) is 32.6 Å². The van der Waals surface area contributed by atoms with Crippen LogP contribution in [0.3, 0.4) is 0 Å². The summed E-state index contributed by atoms with van der Waals surface area (Å²) >= 11 is 0. The van der Waals surface area contributed by atoms with Crippen molar-refractivity contribution in [2.75, 3.05) is 26.9 Å². The molecule has 1 saturated carbocycles. The summed E-state index contributed by atoms with van der Waals surface area (Å²) in [5.74, 6) is -1.37. The molecule has 1 aromatic rings. The summed E-state index contributed by atoms with van der Waals surface area (Å²) in [5, 5.41) is 0. The highest BCUT2D eigenvalue weighted by molar-refractivity contribution is 6.12. The molecular weight excluding hydrogens is 358 g/mol. The molecule has 2 heterocycles. The number of rotatable bonds is 6. The molecule has 0 spiro atoms. The predicted octanol–water partition coefficient (Wildman–Crippen LogP) is 2.03. The molecule has 0 aromatic carbocycles. The van der Waals surface area contributed by atoms with E-state index in [9.17, 15) is 9.59 Å². The first-order valence-corrected chi connectivity index (χ1v) is 9.47. The Labute approximate surface area is 165 Å². The number of nitrogens with zero attached hydrogens (tertiary/aromatic N) is 2. The van der Waals surface area contributed by atoms with Gasteiger partial charge in [0.1, 0.15) is 5.78 Å². The second kappa shape index (κ2) is 8.32. The number of aliphatic imine (C=N–C) groups is 1. The van der Waals surface area contributed by atoms with Crippen LogP contribution in [0.5, 0.6) is 0 Å². The number of fused-ring (bicyclic) bond motifs is 1. The number of Topliss-reactive ketones (excluding diaryl/α,β-unsaturated/α-hetero) is 1. The van der Waals surface area contributed by atoms with E-state index in [0.29, 0.717) is 37.3 Å². The maximum atomic E-state index is 13.1.